The first-order valence-electron chi connectivity index (χ1n) is 9.47. The van der Waals surface area contributed by atoms with Gasteiger partial charge in [0.05, 0.1) is 24.0 Å². The summed E-state index contributed by atoms with van der Waals surface area (Å²) in [7, 11) is 0. The van der Waals surface area contributed by atoms with Gasteiger partial charge in [0.25, 0.3) is 0 Å². The van der Waals surface area contributed by atoms with Gasteiger partial charge in [-0.15, -0.1) is 0 Å². The Labute approximate surface area is 167 Å². The number of aromatic nitrogens is 2. The summed E-state index contributed by atoms with van der Waals surface area (Å²) >= 11 is 0. The number of para-hydroxylation sites is 3. The number of ether oxygens (including phenoxy) is 2. The number of H-pyrrole nitrogens is 1. The summed E-state index contributed by atoms with van der Waals surface area (Å²) in [6, 6.07) is 17.6. The van der Waals surface area contributed by atoms with Gasteiger partial charge in [0.15, 0.2) is 11.5 Å². The molecule has 5 rings (SSSR count). The van der Waals surface area contributed by atoms with Gasteiger partial charge in [0, 0.05) is 22.4 Å². The first-order valence-corrected chi connectivity index (χ1v) is 9.47. The molecule has 29 heavy (non-hydrogen) atoms. The molecule has 0 aliphatic carbocycles. The third-order valence-electron chi connectivity index (χ3n) is 4.89. The average molecular weight is 385 g/mol. The summed E-state index contributed by atoms with van der Waals surface area (Å²) < 4.78 is 11.5. The third-order valence-corrected chi connectivity index (χ3v) is 4.89. The van der Waals surface area contributed by atoms with Crippen molar-refractivity contribution in [1.82, 2.24) is 15.3 Å². The predicted molar refractivity (Wildman–Crippen MR) is 112 cm³/mol. The van der Waals surface area contributed by atoms with Crippen LogP contribution >= 0.6 is 0 Å². The lowest BCUT2D eigenvalue weighted by atomic mass is 10.1. The second-order valence-electron chi connectivity index (χ2n) is 6.90. The second kappa shape index (κ2) is 7.31. The van der Waals surface area contributed by atoms with Crippen LogP contribution in [0.15, 0.2) is 66.9 Å². The second-order valence-corrected chi connectivity index (χ2v) is 6.90. The summed E-state index contributed by atoms with van der Waals surface area (Å²) in [5.41, 5.74) is 2.77. The number of carbonyl (C=O) groups is 1. The number of hydrogen-bond acceptors (Lipinski definition) is 4. The van der Waals surface area contributed by atoms with Crippen molar-refractivity contribution < 1.29 is 14.3 Å². The van der Waals surface area contributed by atoms with Crippen LogP contribution in [-0.4, -0.2) is 35.1 Å². The number of rotatable bonds is 4. The van der Waals surface area contributed by atoms with Crippen molar-refractivity contribution in [1.29, 1.82) is 0 Å². The molecule has 2 aromatic heterocycles. The molecule has 1 amide bonds. The van der Waals surface area contributed by atoms with E-state index in [-0.39, 0.29) is 12.0 Å². The van der Waals surface area contributed by atoms with E-state index in [1.807, 2.05) is 48.5 Å². The number of nitrogens with zero attached hydrogens (tertiary/aromatic N) is 1. The molecule has 1 atom stereocenters. The molecule has 4 aromatic rings. The molecular weight excluding hydrogens is 366 g/mol. The minimum absolute atomic E-state index is 0.201. The number of pyridine rings is 1. The predicted octanol–water partition coefficient (Wildman–Crippen LogP) is 3.69. The quantitative estimate of drug-likeness (QED) is 0.526. The molecule has 6 nitrogen and oxygen atoms in total. The number of amides is 1. The largest absolute Gasteiger partial charge is 0.486 e. The average Bonchev–Trinajstić information content (AvgIpc) is 3.14. The third kappa shape index (κ3) is 3.52. The van der Waals surface area contributed by atoms with Gasteiger partial charge in [0.2, 0.25) is 5.91 Å². The van der Waals surface area contributed by atoms with E-state index in [1.54, 1.807) is 12.3 Å². The Kier molecular flexibility index (Phi) is 4.37. The number of fused-ring (bicyclic) bond motifs is 4. The van der Waals surface area contributed by atoms with Crippen LogP contribution in [0.1, 0.15) is 5.69 Å². The normalized spacial score (nSPS) is 15.8. The molecule has 2 N–H and O–H groups in total. The molecule has 0 bridgehead atoms. The zero-order valence-electron chi connectivity index (χ0n) is 15.6. The molecule has 0 saturated carbocycles. The summed E-state index contributed by atoms with van der Waals surface area (Å²) in [4.78, 5) is 20.0. The van der Waals surface area contributed by atoms with E-state index in [9.17, 15) is 4.79 Å². The lowest BCUT2D eigenvalue weighted by Gasteiger charge is -2.26. The van der Waals surface area contributed by atoms with Crippen LogP contribution in [0, 0.1) is 0 Å². The molecular formula is C23H19N3O3. The first kappa shape index (κ1) is 17.3. The van der Waals surface area contributed by atoms with Crippen molar-refractivity contribution in [3.8, 4) is 11.5 Å². The molecule has 0 fully saturated rings. The topological polar surface area (TPSA) is 76.2 Å². The summed E-state index contributed by atoms with van der Waals surface area (Å²) in [5.74, 6) is 1.23. The van der Waals surface area contributed by atoms with Crippen molar-refractivity contribution >= 4 is 33.8 Å². The van der Waals surface area contributed by atoms with Crippen LogP contribution in [0.4, 0.5) is 0 Å². The smallest absolute Gasteiger partial charge is 0.244 e. The number of aromatic amines is 1. The van der Waals surface area contributed by atoms with E-state index >= 15 is 0 Å². The molecule has 1 unspecified atom stereocenters. The molecule has 3 heterocycles. The highest BCUT2D eigenvalue weighted by atomic mass is 16.6. The number of benzene rings is 2. The lowest BCUT2D eigenvalue weighted by Crippen LogP contribution is -2.40. The Hall–Kier alpha value is -3.80. The van der Waals surface area contributed by atoms with Gasteiger partial charge in [-0.1, -0.05) is 30.3 Å². The highest BCUT2D eigenvalue weighted by Gasteiger charge is 2.20. The maximum atomic E-state index is 12.2. The van der Waals surface area contributed by atoms with Gasteiger partial charge in [-0.2, -0.15) is 0 Å². The Morgan fingerprint density at radius 3 is 2.86 bits per heavy atom. The van der Waals surface area contributed by atoms with Crippen molar-refractivity contribution in [2.45, 2.75) is 6.10 Å². The zero-order valence-corrected chi connectivity index (χ0v) is 15.6. The highest BCUT2D eigenvalue weighted by molar-refractivity contribution is 6.07. The minimum Gasteiger partial charge on any atom is -0.486 e. The maximum absolute atomic E-state index is 12.2. The van der Waals surface area contributed by atoms with Crippen molar-refractivity contribution in [3.63, 3.8) is 0 Å². The molecule has 0 saturated heterocycles. The molecule has 144 valence electrons. The Bertz CT molecular complexity index is 1230. The minimum atomic E-state index is -0.219. The Balaban J connectivity index is 1.23. The van der Waals surface area contributed by atoms with E-state index in [2.05, 4.69) is 21.4 Å². The van der Waals surface area contributed by atoms with Crippen LogP contribution in [0.3, 0.4) is 0 Å². The summed E-state index contributed by atoms with van der Waals surface area (Å²) in [6.45, 7) is 0.770. The van der Waals surface area contributed by atoms with E-state index in [1.165, 1.54) is 6.08 Å². The number of hydrogen-bond donors (Lipinski definition) is 2. The molecule has 1 aliphatic rings. The monoisotopic (exact) mass is 385 g/mol. The van der Waals surface area contributed by atoms with Gasteiger partial charge < -0.3 is 19.8 Å². The van der Waals surface area contributed by atoms with Crippen LogP contribution in [0.5, 0.6) is 11.5 Å². The molecule has 0 spiro atoms. The SMILES string of the molecule is O=C(/C=C/c1cc2c(cn1)[nH]c1ccccc12)NCC1COc2ccccc2O1. The summed E-state index contributed by atoms with van der Waals surface area (Å²) in [5, 5.41) is 5.07. The van der Waals surface area contributed by atoms with Gasteiger partial charge >= 0.3 is 0 Å². The maximum Gasteiger partial charge on any atom is 0.244 e. The zero-order chi connectivity index (χ0) is 19.6. The Morgan fingerprint density at radius 2 is 1.93 bits per heavy atom. The standard InChI is InChI=1S/C23H19N3O3/c27-23(25-12-16-14-28-21-7-3-4-8-22(21)29-16)10-9-15-11-18-17-5-1-2-6-19(17)26-20(18)13-24-15/h1-11,13,16,26H,12,14H2,(H,25,27)/b10-9+. The molecule has 6 heteroatoms. The van der Waals surface area contributed by atoms with E-state index in [0.29, 0.717) is 18.9 Å². The number of carbonyl (C=O) groups excluding carboxylic acids is 1. The van der Waals surface area contributed by atoms with Crippen molar-refractivity contribution in [2.75, 3.05) is 13.2 Å². The number of nitrogens with one attached hydrogen (secondary N) is 2. The summed E-state index contributed by atoms with van der Waals surface area (Å²) in [6.07, 6.45) is 4.77. The van der Waals surface area contributed by atoms with E-state index in [0.717, 1.165) is 33.2 Å². The van der Waals surface area contributed by atoms with Gasteiger partial charge in [-0.25, -0.2) is 0 Å². The first-order chi connectivity index (χ1) is 14.3. The van der Waals surface area contributed by atoms with Gasteiger partial charge in [0.1, 0.15) is 12.7 Å². The molecule has 2 aromatic carbocycles. The van der Waals surface area contributed by atoms with Crippen LogP contribution in [0.25, 0.3) is 27.9 Å². The van der Waals surface area contributed by atoms with Crippen molar-refractivity contribution in [2.24, 2.45) is 0 Å². The van der Waals surface area contributed by atoms with Gasteiger partial charge in [-0.3, -0.25) is 9.78 Å². The Morgan fingerprint density at radius 1 is 1.10 bits per heavy atom. The van der Waals surface area contributed by atoms with Crippen molar-refractivity contribution in [3.05, 3.63) is 72.6 Å². The fourth-order valence-electron chi connectivity index (χ4n) is 3.46. The van der Waals surface area contributed by atoms with E-state index < -0.39 is 0 Å². The molecule has 1 aliphatic heterocycles. The molecule has 0 radical (unpaired) electrons. The van der Waals surface area contributed by atoms with Gasteiger partial charge in [-0.05, 0) is 30.3 Å². The van der Waals surface area contributed by atoms with Crippen LogP contribution < -0.4 is 14.8 Å². The van der Waals surface area contributed by atoms with E-state index in [4.69, 9.17) is 9.47 Å². The highest BCUT2D eigenvalue weighted by Crippen LogP contribution is 2.30. The fourth-order valence-corrected chi connectivity index (χ4v) is 3.46. The van der Waals surface area contributed by atoms with Crippen LogP contribution in [0.2, 0.25) is 0 Å². The lowest BCUT2D eigenvalue weighted by molar-refractivity contribution is -0.116. The fraction of sp³-hybridized carbons (Fsp3) is 0.130. The van der Waals surface area contributed by atoms with Crippen LogP contribution in [-0.2, 0) is 4.79 Å².